The van der Waals surface area contributed by atoms with E-state index in [4.69, 9.17) is 9.47 Å². The van der Waals surface area contributed by atoms with Crippen molar-refractivity contribution in [1.82, 2.24) is 10.2 Å². The largest absolute Gasteiger partial charge is 0.467 e. The lowest BCUT2D eigenvalue weighted by molar-refractivity contribution is -0.154. The summed E-state index contributed by atoms with van der Waals surface area (Å²) in [6.07, 6.45) is -0.489. The van der Waals surface area contributed by atoms with Crippen molar-refractivity contribution in [3.05, 3.63) is 0 Å². The predicted octanol–water partition coefficient (Wildman–Crippen LogP) is 0.758. The van der Waals surface area contributed by atoms with Gasteiger partial charge in [0.05, 0.1) is 7.11 Å². The SMILES string of the molecule is COC(=O)C1(C)CNCCN1C(=O)OC(C)(C)C. The fourth-order valence-corrected chi connectivity index (χ4v) is 1.88. The van der Waals surface area contributed by atoms with E-state index < -0.39 is 23.2 Å². The van der Waals surface area contributed by atoms with E-state index in [1.807, 2.05) is 0 Å². The summed E-state index contributed by atoms with van der Waals surface area (Å²) in [5.41, 5.74) is -1.60. The maximum Gasteiger partial charge on any atom is 0.411 e. The van der Waals surface area contributed by atoms with Crippen molar-refractivity contribution in [3.8, 4) is 0 Å². The Morgan fingerprint density at radius 1 is 1.33 bits per heavy atom. The molecule has 18 heavy (non-hydrogen) atoms. The molecule has 0 radical (unpaired) electrons. The molecule has 1 rings (SSSR count). The van der Waals surface area contributed by atoms with Crippen molar-refractivity contribution in [2.45, 2.75) is 38.8 Å². The van der Waals surface area contributed by atoms with Gasteiger partial charge in [-0.25, -0.2) is 9.59 Å². The first kappa shape index (κ1) is 14.8. The van der Waals surface area contributed by atoms with Crippen LogP contribution in [0.5, 0.6) is 0 Å². The van der Waals surface area contributed by atoms with E-state index in [1.165, 1.54) is 12.0 Å². The molecule has 6 nitrogen and oxygen atoms in total. The number of piperazine rings is 1. The van der Waals surface area contributed by atoms with Crippen LogP contribution < -0.4 is 5.32 Å². The quantitative estimate of drug-likeness (QED) is 0.703. The molecule has 0 aliphatic carbocycles. The third-order valence-corrected chi connectivity index (χ3v) is 2.82. The fraction of sp³-hybridized carbons (Fsp3) is 0.833. The molecule has 1 unspecified atom stereocenters. The fourth-order valence-electron chi connectivity index (χ4n) is 1.88. The van der Waals surface area contributed by atoms with E-state index in [0.717, 1.165) is 0 Å². The molecule has 1 fully saturated rings. The molecular weight excluding hydrogens is 236 g/mol. The molecule has 0 bridgehead atoms. The van der Waals surface area contributed by atoms with Gasteiger partial charge in [-0.15, -0.1) is 0 Å². The predicted molar refractivity (Wildman–Crippen MR) is 66.2 cm³/mol. The first-order valence-electron chi connectivity index (χ1n) is 6.00. The van der Waals surface area contributed by atoms with E-state index in [0.29, 0.717) is 19.6 Å². The summed E-state index contributed by atoms with van der Waals surface area (Å²) >= 11 is 0. The Bertz CT molecular complexity index is 337. The van der Waals surface area contributed by atoms with Crippen molar-refractivity contribution in [2.24, 2.45) is 0 Å². The second-order valence-electron chi connectivity index (χ2n) is 5.57. The van der Waals surface area contributed by atoms with Crippen molar-refractivity contribution in [1.29, 1.82) is 0 Å². The summed E-state index contributed by atoms with van der Waals surface area (Å²) in [4.78, 5) is 25.4. The third kappa shape index (κ3) is 3.13. The van der Waals surface area contributed by atoms with Gasteiger partial charge in [-0.1, -0.05) is 0 Å². The van der Waals surface area contributed by atoms with Gasteiger partial charge in [0.2, 0.25) is 0 Å². The Hall–Kier alpha value is -1.30. The third-order valence-electron chi connectivity index (χ3n) is 2.82. The Labute approximate surface area is 108 Å². The van der Waals surface area contributed by atoms with E-state index in [-0.39, 0.29) is 0 Å². The van der Waals surface area contributed by atoms with E-state index >= 15 is 0 Å². The number of nitrogens with one attached hydrogen (secondary N) is 1. The first-order chi connectivity index (χ1) is 8.20. The second kappa shape index (κ2) is 5.14. The van der Waals surface area contributed by atoms with Crippen LogP contribution in [0.2, 0.25) is 0 Å². The average molecular weight is 258 g/mol. The number of amides is 1. The number of carbonyl (C=O) groups is 2. The van der Waals surface area contributed by atoms with Gasteiger partial charge in [0, 0.05) is 19.6 Å². The molecule has 0 aromatic carbocycles. The van der Waals surface area contributed by atoms with Crippen LogP contribution in [0, 0.1) is 0 Å². The van der Waals surface area contributed by atoms with E-state index in [2.05, 4.69) is 5.32 Å². The smallest absolute Gasteiger partial charge is 0.411 e. The van der Waals surface area contributed by atoms with Gasteiger partial charge in [-0.3, -0.25) is 4.90 Å². The Morgan fingerprint density at radius 2 is 1.94 bits per heavy atom. The summed E-state index contributed by atoms with van der Waals surface area (Å²) in [5, 5.41) is 3.09. The van der Waals surface area contributed by atoms with Gasteiger partial charge in [0.15, 0.2) is 5.54 Å². The number of esters is 1. The summed E-state index contributed by atoms with van der Waals surface area (Å²) in [5.74, 6) is -0.444. The zero-order valence-corrected chi connectivity index (χ0v) is 11.7. The second-order valence-corrected chi connectivity index (χ2v) is 5.57. The molecule has 1 atom stereocenters. The Balaban J connectivity index is 2.89. The van der Waals surface area contributed by atoms with Crippen molar-refractivity contribution >= 4 is 12.1 Å². The molecular formula is C12H22N2O4. The van der Waals surface area contributed by atoms with Crippen LogP contribution in [0.25, 0.3) is 0 Å². The number of nitrogens with zero attached hydrogens (tertiary/aromatic N) is 1. The molecule has 1 amide bonds. The lowest BCUT2D eigenvalue weighted by Gasteiger charge is -2.42. The number of hydrogen-bond acceptors (Lipinski definition) is 5. The minimum absolute atomic E-state index is 0.360. The van der Waals surface area contributed by atoms with E-state index in [9.17, 15) is 9.59 Å². The molecule has 1 N–H and O–H groups in total. The minimum Gasteiger partial charge on any atom is -0.467 e. The highest BCUT2D eigenvalue weighted by atomic mass is 16.6. The molecule has 1 aliphatic heterocycles. The number of ether oxygens (including phenoxy) is 2. The Morgan fingerprint density at radius 3 is 2.44 bits per heavy atom. The number of hydrogen-bond donors (Lipinski definition) is 1. The Kier molecular flexibility index (Phi) is 4.21. The van der Waals surface area contributed by atoms with Crippen LogP contribution >= 0.6 is 0 Å². The zero-order chi connectivity index (χ0) is 14.0. The number of carbonyl (C=O) groups excluding carboxylic acids is 2. The van der Waals surface area contributed by atoms with Crippen molar-refractivity contribution in [2.75, 3.05) is 26.7 Å². The van der Waals surface area contributed by atoms with Gasteiger partial charge in [-0.2, -0.15) is 0 Å². The topological polar surface area (TPSA) is 67.9 Å². The van der Waals surface area contributed by atoms with Crippen LogP contribution in [0.1, 0.15) is 27.7 Å². The molecule has 1 heterocycles. The monoisotopic (exact) mass is 258 g/mol. The van der Waals surface area contributed by atoms with Gasteiger partial charge in [0.25, 0.3) is 0 Å². The van der Waals surface area contributed by atoms with Gasteiger partial charge in [-0.05, 0) is 27.7 Å². The molecule has 1 aliphatic rings. The molecule has 0 aromatic rings. The molecule has 104 valence electrons. The highest BCUT2D eigenvalue weighted by Crippen LogP contribution is 2.22. The maximum absolute atomic E-state index is 12.1. The number of methoxy groups -OCH3 is 1. The maximum atomic E-state index is 12.1. The van der Waals surface area contributed by atoms with Crippen LogP contribution in [0.3, 0.4) is 0 Å². The minimum atomic E-state index is -1.02. The van der Waals surface area contributed by atoms with Crippen molar-refractivity contribution < 1.29 is 19.1 Å². The molecule has 0 saturated carbocycles. The lowest BCUT2D eigenvalue weighted by atomic mass is 9.98. The van der Waals surface area contributed by atoms with Crippen LogP contribution in [-0.4, -0.2) is 54.8 Å². The highest BCUT2D eigenvalue weighted by molar-refractivity contribution is 5.86. The molecule has 6 heteroatoms. The zero-order valence-electron chi connectivity index (χ0n) is 11.7. The summed E-state index contributed by atoms with van der Waals surface area (Å²) in [6, 6.07) is 0. The summed E-state index contributed by atoms with van der Waals surface area (Å²) in [6.45, 7) is 8.47. The van der Waals surface area contributed by atoms with Gasteiger partial charge >= 0.3 is 12.1 Å². The van der Waals surface area contributed by atoms with Crippen LogP contribution in [0.4, 0.5) is 4.79 Å². The van der Waals surface area contributed by atoms with Gasteiger partial charge in [0.1, 0.15) is 5.60 Å². The number of rotatable bonds is 1. The standard InChI is InChI=1S/C12H22N2O4/c1-11(2,3)18-10(16)14-7-6-13-8-12(14,4)9(15)17-5/h13H,6-8H2,1-5H3. The van der Waals surface area contributed by atoms with Crippen molar-refractivity contribution in [3.63, 3.8) is 0 Å². The van der Waals surface area contributed by atoms with Gasteiger partial charge < -0.3 is 14.8 Å². The average Bonchev–Trinajstić information content (AvgIpc) is 2.26. The van der Waals surface area contributed by atoms with Crippen LogP contribution in [0.15, 0.2) is 0 Å². The first-order valence-corrected chi connectivity index (χ1v) is 6.00. The normalized spacial score (nSPS) is 24.6. The molecule has 1 saturated heterocycles. The summed E-state index contributed by atoms with van der Waals surface area (Å²) in [7, 11) is 1.31. The van der Waals surface area contributed by atoms with Crippen LogP contribution in [-0.2, 0) is 14.3 Å². The molecule has 0 aromatic heterocycles. The lowest BCUT2D eigenvalue weighted by Crippen LogP contribution is -2.66. The van der Waals surface area contributed by atoms with E-state index in [1.54, 1.807) is 27.7 Å². The summed E-state index contributed by atoms with van der Waals surface area (Å²) < 4.78 is 10.1. The highest BCUT2D eigenvalue weighted by Gasteiger charge is 2.46. The molecule has 0 spiro atoms.